The largest absolute Gasteiger partial charge is 0.468 e. The number of methoxy groups -OCH3 is 2. The molecule has 0 heterocycles. The van der Waals surface area contributed by atoms with Crippen LogP contribution in [0.1, 0.15) is 20.8 Å². The van der Waals surface area contributed by atoms with E-state index in [-0.39, 0.29) is 5.57 Å². The summed E-state index contributed by atoms with van der Waals surface area (Å²) in [6, 6.07) is 0. The lowest BCUT2D eigenvalue weighted by molar-refractivity contribution is -0.163. The fraction of sp³-hybridized carbons (Fsp3) is 0.538. The molecule has 1 rings (SSSR count). The molecule has 1 N–H and O–H groups in total. The molecule has 1 aliphatic carbocycles. The van der Waals surface area contributed by atoms with E-state index in [0.717, 1.165) is 0 Å². The number of carbonyl (C=O) groups excluding carboxylic acids is 2. The van der Waals surface area contributed by atoms with E-state index in [2.05, 4.69) is 0 Å². The third kappa shape index (κ3) is 1.84. The maximum absolute atomic E-state index is 12.0. The Kier molecular flexibility index (Phi) is 3.67. The average molecular weight is 254 g/mol. The lowest BCUT2D eigenvalue weighted by Crippen LogP contribution is -2.53. The molecule has 0 unspecified atom stereocenters. The molecule has 0 radical (unpaired) electrons. The van der Waals surface area contributed by atoms with Gasteiger partial charge in [0, 0.05) is 0 Å². The number of hydrogen-bond acceptors (Lipinski definition) is 5. The zero-order valence-corrected chi connectivity index (χ0v) is 11.2. The smallest absolute Gasteiger partial charge is 0.335 e. The minimum Gasteiger partial charge on any atom is -0.468 e. The van der Waals surface area contributed by atoms with Crippen LogP contribution in [0.25, 0.3) is 0 Å². The lowest BCUT2D eigenvalue weighted by Gasteiger charge is -2.41. The van der Waals surface area contributed by atoms with E-state index in [1.54, 1.807) is 13.0 Å². The first-order chi connectivity index (χ1) is 8.22. The normalized spacial score (nSPS) is 31.2. The Labute approximate surface area is 106 Å². The van der Waals surface area contributed by atoms with Crippen LogP contribution in [0.4, 0.5) is 0 Å². The molecule has 0 aromatic heterocycles. The van der Waals surface area contributed by atoms with Crippen LogP contribution >= 0.6 is 0 Å². The Morgan fingerprint density at radius 2 is 1.78 bits per heavy atom. The van der Waals surface area contributed by atoms with Gasteiger partial charge in [0.15, 0.2) is 0 Å². The fourth-order valence-corrected chi connectivity index (χ4v) is 2.16. The van der Waals surface area contributed by atoms with Crippen LogP contribution in [0.5, 0.6) is 0 Å². The van der Waals surface area contributed by atoms with Gasteiger partial charge in [0.25, 0.3) is 0 Å². The molecule has 0 saturated heterocycles. The molecule has 2 atom stereocenters. The molecule has 1 aliphatic rings. The van der Waals surface area contributed by atoms with Crippen LogP contribution in [0.15, 0.2) is 23.3 Å². The van der Waals surface area contributed by atoms with Crippen LogP contribution < -0.4 is 0 Å². The molecule has 5 heteroatoms. The predicted octanol–water partition coefficient (Wildman–Crippen LogP) is 0.976. The summed E-state index contributed by atoms with van der Waals surface area (Å²) in [5, 5.41) is 10.4. The highest BCUT2D eigenvalue weighted by Gasteiger charge is 2.56. The molecule has 0 bridgehead atoms. The van der Waals surface area contributed by atoms with Gasteiger partial charge in [-0.05, 0) is 26.3 Å². The number of allylic oxidation sites excluding steroid dienone is 2. The van der Waals surface area contributed by atoms with Crippen molar-refractivity contribution in [2.45, 2.75) is 26.4 Å². The van der Waals surface area contributed by atoms with Crippen molar-refractivity contribution in [3.63, 3.8) is 0 Å². The SMILES string of the molecule is COC(=O)C1=C(C)C=C[C@](C)(O)[C@@]1(C)C(=O)OC. The van der Waals surface area contributed by atoms with Crippen LogP contribution in [-0.2, 0) is 19.1 Å². The van der Waals surface area contributed by atoms with Crippen LogP contribution in [-0.4, -0.2) is 36.9 Å². The second-order valence-electron chi connectivity index (χ2n) is 4.65. The molecule has 0 amide bonds. The topological polar surface area (TPSA) is 72.8 Å². The van der Waals surface area contributed by atoms with Crippen molar-refractivity contribution >= 4 is 11.9 Å². The Hall–Kier alpha value is -1.62. The van der Waals surface area contributed by atoms with Gasteiger partial charge in [-0.1, -0.05) is 12.2 Å². The van der Waals surface area contributed by atoms with E-state index in [0.29, 0.717) is 5.57 Å². The molecule has 0 fully saturated rings. The molecule has 5 nitrogen and oxygen atoms in total. The summed E-state index contributed by atoms with van der Waals surface area (Å²) < 4.78 is 9.42. The van der Waals surface area contributed by atoms with E-state index in [4.69, 9.17) is 9.47 Å². The molecule has 100 valence electrons. The van der Waals surface area contributed by atoms with Crippen molar-refractivity contribution in [2.24, 2.45) is 5.41 Å². The van der Waals surface area contributed by atoms with Crippen LogP contribution in [0, 0.1) is 5.41 Å². The Morgan fingerprint density at radius 1 is 1.22 bits per heavy atom. The van der Waals surface area contributed by atoms with Gasteiger partial charge in [-0.3, -0.25) is 4.79 Å². The number of ether oxygens (including phenoxy) is 2. The van der Waals surface area contributed by atoms with Gasteiger partial charge < -0.3 is 14.6 Å². The second-order valence-corrected chi connectivity index (χ2v) is 4.65. The molecule has 0 saturated carbocycles. The summed E-state index contributed by atoms with van der Waals surface area (Å²) in [5.74, 6) is -1.33. The zero-order chi connectivity index (χ0) is 14.1. The van der Waals surface area contributed by atoms with Gasteiger partial charge in [-0.15, -0.1) is 0 Å². The van der Waals surface area contributed by atoms with Gasteiger partial charge in [-0.25, -0.2) is 4.79 Å². The van der Waals surface area contributed by atoms with Crippen LogP contribution in [0.2, 0.25) is 0 Å². The third-order valence-corrected chi connectivity index (χ3v) is 3.55. The first-order valence-corrected chi connectivity index (χ1v) is 5.52. The average Bonchev–Trinajstić information content (AvgIpc) is 2.33. The molecule has 0 aliphatic heterocycles. The number of esters is 2. The summed E-state index contributed by atoms with van der Waals surface area (Å²) >= 11 is 0. The van der Waals surface area contributed by atoms with Crippen molar-refractivity contribution < 1.29 is 24.2 Å². The zero-order valence-electron chi connectivity index (χ0n) is 11.2. The summed E-state index contributed by atoms with van der Waals surface area (Å²) in [7, 11) is 2.44. The van der Waals surface area contributed by atoms with E-state index in [1.165, 1.54) is 34.1 Å². The van der Waals surface area contributed by atoms with Gasteiger partial charge in [0.2, 0.25) is 0 Å². The fourth-order valence-electron chi connectivity index (χ4n) is 2.16. The van der Waals surface area contributed by atoms with Crippen molar-refractivity contribution in [1.82, 2.24) is 0 Å². The minimum atomic E-state index is -1.52. The summed E-state index contributed by atoms with van der Waals surface area (Å²) in [5.41, 5.74) is -2.33. The first kappa shape index (κ1) is 14.4. The molecule has 18 heavy (non-hydrogen) atoms. The standard InChI is InChI=1S/C13H18O5/c1-8-6-7-12(2,16)13(3,11(15)18-5)9(8)10(14)17-4/h6-7,16H,1-5H3/t12-,13+/m0/s1. The Balaban J connectivity index is 3.53. The summed E-state index contributed by atoms with van der Waals surface area (Å²) in [4.78, 5) is 23.9. The maximum atomic E-state index is 12.0. The van der Waals surface area contributed by atoms with Gasteiger partial charge >= 0.3 is 11.9 Å². The summed E-state index contributed by atoms with van der Waals surface area (Å²) in [6.45, 7) is 4.60. The van der Waals surface area contributed by atoms with E-state index in [1.807, 2.05) is 0 Å². The lowest BCUT2D eigenvalue weighted by atomic mass is 9.65. The quantitative estimate of drug-likeness (QED) is 0.743. The van der Waals surface area contributed by atoms with E-state index in [9.17, 15) is 14.7 Å². The highest BCUT2D eigenvalue weighted by Crippen LogP contribution is 2.45. The molecular formula is C13H18O5. The Morgan fingerprint density at radius 3 is 2.22 bits per heavy atom. The van der Waals surface area contributed by atoms with Gasteiger partial charge in [0.05, 0.1) is 19.8 Å². The van der Waals surface area contributed by atoms with Crippen LogP contribution in [0.3, 0.4) is 0 Å². The maximum Gasteiger partial charge on any atom is 0.335 e. The summed E-state index contributed by atoms with van der Waals surface area (Å²) in [6.07, 6.45) is 3.07. The Bertz CT molecular complexity index is 444. The minimum absolute atomic E-state index is 0.115. The first-order valence-electron chi connectivity index (χ1n) is 5.52. The molecule has 0 aromatic carbocycles. The number of hydrogen-bond donors (Lipinski definition) is 1. The highest BCUT2D eigenvalue weighted by atomic mass is 16.5. The molecular weight excluding hydrogens is 236 g/mol. The van der Waals surface area contributed by atoms with E-state index < -0.39 is 23.0 Å². The third-order valence-electron chi connectivity index (χ3n) is 3.55. The monoisotopic (exact) mass is 254 g/mol. The van der Waals surface area contributed by atoms with Crippen molar-refractivity contribution in [1.29, 1.82) is 0 Å². The highest BCUT2D eigenvalue weighted by molar-refractivity contribution is 6.00. The number of rotatable bonds is 2. The number of aliphatic hydroxyl groups is 1. The second kappa shape index (κ2) is 4.57. The number of carbonyl (C=O) groups is 2. The molecule has 0 spiro atoms. The van der Waals surface area contributed by atoms with Gasteiger partial charge in [0.1, 0.15) is 11.0 Å². The predicted molar refractivity (Wildman–Crippen MR) is 64.6 cm³/mol. The van der Waals surface area contributed by atoms with E-state index >= 15 is 0 Å². The van der Waals surface area contributed by atoms with Gasteiger partial charge in [-0.2, -0.15) is 0 Å². The van der Waals surface area contributed by atoms with Crippen molar-refractivity contribution in [3.8, 4) is 0 Å². The molecule has 0 aromatic rings. The van der Waals surface area contributed by atoms with Crippen molar-refractivity contribution in [3.05, 3.63) is 23.3 Å². The van der Waals surface area contributed by atoms with Crippen molar-refractivity contribution in [2.75, 3.05) is 14.2 Å².